The van der Waals surface area contributed by atoms with Gasteiger partial charge in [-0.2, -0.15) is 0 Å². The average molecular weight is 279 g/mol. The topological polar surface area (TPSA) is 55.8 Å². The van der Waals surface area contributed by atoms with Crippen molar-refractivity contribution in [2.45, 2.75) is 19.4 Å². The maximum absolute atomic E-state index is 12.5. The summed E-state index contributed by atoms with van der Waals surface area (Å²) in [5.41, 5.74) is -1.05. The predicted molar refractivity (Wildman–Crippen MR) is 75.1 cm³/mol. The van der Waals surface area contributed by atoms with E-state index in [4.69, 9.17) is 9.47 Å². The van der Waals surface area contributed by atoms with Crippen molar-refractivity contribution < 1.29 is 19.1 Å². The van der Waals surface area contributed by atoms with Crippen molar-refractivity contribution in [3.8, 4) is 0 Å². The van der Waals surface area contributed by atoms with Crippen LogP contribution in [0.2, 0.25) is 0 Å². The lowest BCUT2D eigenvalue weighted by molar-refractivity contribution is -0.174. The van der Waals surface area contributed by atoms with Crippen LogP contribution in [0.25, 0.3) is 0 Å². The summed E-state index contributed by atoms with van der Waals surface area (Å²) in [7, 11) is 3.31. The molecule has 5 heteroatoms. The van der Waals surface area contributed by atoms with Crippen molar-refractivity contribution in [3.05, 3.63) is 35.9 Å². The summed E-state index contributed by atoms with van der Waals surface area (Å²) in [5.74, 6) is -1.26. The fourth-order valence-electron chi connectivity index (χ4n) is 2.09. The first-order valence-corrected chi connectivity index (χ1v) is 6.59. The summed E-state index contributed by atoms with van der Waals surface area (Å²) < 4.78 is 10.2. The maximum Gasteiger partial charge on any atom is 0.343 e. The van der Waals surface area contributed by atoms with Gasteiger partial charge in [0.2, 0.25) is 5.54 Å². The first-order chi connectivity index (χ1) is 9.51. The van der Waals surface area contributed by atoms with E-state index < -0.39 is 17.5 Å². The molecule has 0 aliphatic rings. The quantitative estimate of drug-likeness (QED) is 0.584. The molecule has 0 amide bonds. The Kier molecular flexibility index (Phi) is 5.70. The average Bonchev–Trinajstić information content (AvgIpc) is 2.41. The number of hydrogen-bond acceptors (Lipinski definition) is 5. The molecule has 0 N–H and O–H groups in total. The number of nitrogens with zero attached hydrogens (tertiary/aromatic N) is 1. The van der Waals surface area contributed by atoms with Crippen LogP contribution in [0.5, 0.6) is 0 Å². The van der Waals surface area contributed by atoms with Crippen LogP contribution >= 0.6 is 0 Å². The van der Waals surface area contributed by atoms with E-state index in [9.17, 15) is 9.59 Å². The second-order valence-corrected chi connectivity index (χ2v) is 4.41. The van der Waals surface area contributed by atoms with E-state index in [1.165, 1.54) is 4.90 Å². The van der Waals surface area contributed by atoms with Crippen LogP contribution in [0.3, 0.4) is 0 Å². The molecule has 0 aromatic heterocycles. The van der Waals surface area contributed by atoms with Crippen molar-refractivity contribution in [2.24, 2.45) is 0 Å². The van der Waals surface area contributed by atoms with Crippen LogP contribution in [0.1, 0.15) is 19.4 Å². The monoisotopic (exact) mass is 279 g/mol. The highest BCUT2D eigenvalue weighted by atomic mass is 16.6. The van der Waals surface area contributed by atoms with Crippen LogP contribution < -0.4 is 0 Å². The highest BCUT2D eigenvalue weighted by molar-refractivity contribution is 6.05. The Labute approximate surface area is 119 Å². The predicted octanol–water partition coefficient (Wildman–Crippen LogP) is 1.57. The summed E-state index contributed by atoms with van der Waals surface area (Å²) in [5, 5.41) is 0. The van der Waals surface area contributed by atoms with Gasteiger partial charge < -0.3 is 9.47 Å². The van der Waals surface area contributed by atoms with Crippen LogP contribution in [-0.2, 0) is 24.6 Å². The van der Waals surface area contributed by atoms with Gasteiger partial charge >= 0.3 is 11.9 Å². The molecule has 0 saturated carbocycles. The molecule has 0 fully saturated rings. The summed E-state index contributed by atoms with van der Waals surface area (Å²) in [6, 6.07) is 8.79. The normalized spacial score (nSPS) is 11.2. The van der Waals surface area contributed by atoms with E-state index in [1.54, 1.807) is 52.2 Å². The number of esters is 2. The molecule has 5 nitrogen and oxygen atoms in total. The second kappa shape index (κ2) is 7.05. The molecule has 1 rings (SSSR count). The second-order valence-electron chi connectivity index (χ2n) is 4.41. The van der Waals surface area contributed by atoms with Gasteiger partial charge in [0.15, 0.2) is 0 Å². The lowest BCUT2D eigenvalue weighted by Crippen LogP contribution is -2.56. The lowest BCUT2D eigenvalue weighted by Gasteiger charge is -2.35. The third-order valence-electron chi connectivity index (χ3n) is 3.00. The number of rotatable bonds is 6. The summed E-state index contributed by atoms with van der Waals surface area (Å²) in [6.45, 7) is 3.80. The molecular formula is C15H21NO4. The Morgan fingerprint density at radius 3 is 1.80 bits per heavy atom. The Hall–Kier alpha value is -1.88. The first kappa shape index (κ1) is 16.2. The molecule has 1 aromatic carbocycles. The summed E-state index contributed by atoms with van der Waals surface area (Å²) in [4.78, 5) is 26.4. The van der Waals surface area contributed by atoms with Gasteiger partial charge in [0.05, 0.1) is 13.2 Å². The van der Waals surface area contributed by atoms with Crippen molar-refractivity contribution in [3.63, 3.8) is 0 Å². The number of ether oxygens (including phenoxy) is 2. The molecule has 0 aliphatic carbocycles. The number of hydrogen-bond donors (Lipinski definition) is 0. The smallest absolute Gasteiger partial charge is 0.343 e. The summed E-state index contributed by atoms with van der Waals surface area (Å²) in [6.07, 6.45) is 0. The molecular weight excluding hydrogens is 258 g/mol. The van der Waals surface area contributed by atoms with Gasteiger partial charge in [0, 0.05) is 0 Å². The largest absolute Gasteiger partial charge is 0.464 e. The molecule has 0 atom stereocenters. The highest BCUT2D eigenvalue weighted by Gasteiger charge is 2.52. The lowest BCUT2D eigenvalue weighted by atomic mass is 9.88. The van der Waals surface area contributed by atoms with Gasteiger partial charge in [0.1, 0.15) is 0 Å². The van der Waals surface area contributed by atoms with Crippen molar-refractivity contribution in [1.82, 2.24) is 4.90 Å². The van der Waals surface area contributed by atoms with Gasteiger partial charge in [0.25, 0.3) is 0 Å². The minimum atomic E-state index is -1.58. The van der Waals surface area contributed by atoms with Gasteiger partial charge in [-0.05, 0) is 33.5 Å². The van der Waals surface area contributed by atoms with Crippen LogP contribution in [-0.4, -0.2) is 44.1 Å². The van der Waals surface area contributed by atoms with E-state index in [0.29, 0.717) is 5.56 Å². The molecule has 0 spiro atoms. The zero-order valence-electron chi connectivity index (χ0n) is 12.4. The molecule has 0 saturated heterocycles. The van der Waals surface area contributed by atoms with Gasteiger partial charge in [-0.3, -0.25) is 4.90 Å². The zero-order valence-corrected chi connectivity index (χ0v) is 12.4. The zero-order chi connectivity index (χ0) is 15.2. The summed E-state index contributed by atoms with van der Waals surface area (Å²) >= 11 is 0. The molecule has 0 bridgehead atoms. The van der Waals surface area contributed by atoms with E-state index in [-0.39, 0.29) is 13.2 Å². The Balaban J connectivity index is 3.42. The molecule has 0 aliphatic heterocycles. The van der Waals surface area contributed by atoms with Crippen LogP contribution in [0.15, 0.2) is 30.3 Å². The molecule has 0 heterocycles. The number of carbonyl (C=O) groups is 2. The minimum Gasteiger partial charge on any atom is -0.464 e. The van der Waals surface area contributed by atoms with E-state index >= 15 is 0 Å². The van der Waals surface area contributed by atoms with Crippen LogP contribution in [0.4, 0.5) is 0 Å². The maximum atomic E-state index is 12.5. The standard InChI is InChI=1S/C15H21NO4/c1-5-19-13(17)15(16(3)4,14(18)20-6-2)12-10-8-7-9-11-12/h7-11H,5-6H2,1-4H3. The number of likely N-dealkylation sites (N-methyl/N-ethyl adjacent to an activating group) is 1. The van der Waals surface area contributed by atoms with Crippen molar-refractivity contribution in [1.29, 1.82) is 0 Å². The van der Waals surface area contributed by atoms with Gasteiger partial charge in [-0.1, -0.05) is 30.3 Å². The number of carbonyl (C=O) groups excluding carboxylic acids is 2. The molecule has 20 heavy (non-hydrogen) atoms. The van der Waals surface area contributed by atoms with Gasteiger partial charge in [-0.15, -0.1) is 0 Å². The molecule has 110 valence electrons. The van der Waals surface area contributed by atoms with Crippen molar-refractivity contribution >= 4 is 11.9 Å². The molecule has 0 unspecified atom stereocenters. The third kappa shape index (κ3) is 2.82. The third-order valence-corrected chi connectivity index (χ3v) is 3.00. The minimum absolute atomic E-state index is 0.195. The highest BCUT2D eigenvalue weighted by Crippen LogP contribution is 2.30. The SMILES string of the molecule is CCOC(=O)C(C(=O)OCC)(c1ccccc1)N(C)C. The Bertz CT molecular complexity index is 438. The van der Waals surface area contributed by atoms with Gasteiger partial charge in [-0.25, -0.2) is 9.59 Å². The van der Waals surface area contributed by atoms with Crippen LogP contribution in [0, 0.1) is 0 Å². The van der Waals surface area contributed by atoms with E-state index in [2.05, 4.69) is 0 Å². The number of benzene rings is 1. The first-order valence-electron chi connectivity index (χ1n) is 6.59. The fraction of sp³-hybridized carbons (Fsp3) is 0.467. The van der Waals surface area contributed by atoms with E-state index in [0.717, 1.165) is 0 Å². The van der Waals surface area contributed by atoms with Crippen molar-refractivity contribution in [2.75, 3.05) is 27.3 Å². The Morgan fingerprint density at radius 1 is 1.00 bits per heavy atom. The molecule has 1 aromatic rings. The van der Waals surface area contributed by atoms with E-state index in [1.807, 2.05) is 6.07 Å². The Morgan fingerprint density at radius 2 is 1.45 bits per heavy atom. The fourth-order valence-corrected chi connectivity index (χ4v) is 2.09. The molecule has 0 radical (unpaired) electrons.